The van der Waals surface area contributed by atoms with Gasteiger partial charge < -0.3 is 5.32 Å². The summed E-state index contributed by atoms with van der Waals surface area (Å²) in [5.74, 6) is 0. The molecule has 0 spiro atoms. The Bertz CT molecular complexity index is 536. The van der Waals surface area contributed by atoms with Crippen molar-refractivity contribution in [2.75, 3.05) is 6.54 Å². The van der Waals surface area contributed by atoms with Crippen LogP contribution in [0.1, 0.15) is 31.1 Å². The molecule has 2 aromatic rings. The molecule has 0 saturated heterocycles. The highest BCUT2D eigenvalue weighted by molar-refractivity contribution is 9.10. The molecule has 96 valence electrons. The van der Waals surface area contributed by atoms with Crippen LogP contribution in [-0.2, 0) is 0 Å². The number of aryl methyl sites for hydroxylation is 1. The molecule has 1 unspecified atom stereocenters. The molecule has 4 heteroatoms. The van der Waals surface area contributed by atoms with Gasteiger partial charge in [-0.05, 0) is 32.0 Å². The Hall–Kier alpha value is -0.710. The summed E-state index contributed by atoms with van der Waals surface area (Å²) in [6.45, 7) is 7.31. The van der Waals surface area contributed by atoms with E-state index in [1.165, 1.54) is 11.1 Å². The molecule has 0 fully saturated rings. The summed E-state index contributed by atoms with van der Waals surface area (Å²) in [5, 5.41) is 6.60. The van der Waals surface area contributed by atoms with E-state index in [1.807, 2.05) is 0 Å². The smallest absolute Gasteiger partial charge is 0.123 e. The van der Waals surface area contributed by atoms with Crippen molar-refractivity contribution >= 4 is 27.3 Å². The second-order valence-corrected chi connectivity index (χ2v) is 6.03. The molecule has 0 radical (unpaired) electrons. The van der Waals surface area contributed by atoms with E-state index in [0.29, 0.717) is 6.04 Å². The number of benzene rings is 1. The van der Waals surface area contributed by atoms with Crippen LogP contribution in [0.4, 0.5) is 0 Å². The zero-order valence-corrected chi connectivity index (χ0v) is 13.2. The zero-order valence-electron chi connectivity index (χ0n) is 10.8. The molecule has 1 atom stereocenters. The summed E-state index contributed by atoms with van der Waals surface area (Å²) in [7, 11) is 0. The lowest BCUT2D eigenvalue weighted by molar-refractivity contribution is 0.587. The second kappa shape index (κ2) is 5.95. The molecule has 0 bridgehead atoms. The van der Waals surface area contributed by atoms with Gasteiger partial charge >= 0.3 is 0 Å². The van der Waals surface area contributed by atoms with E-state index >= 15 is 0 Å². The molecule has 1 aromatic carbocycles. The molecule has 2 nitrogen and oxygen atoms in total. The Morgan fingerprint density at radius 1 is 1.44 bits per heavy atom. The number of halogens is 1. The average Bonchev–Trinajstić information content (AvgIpc) is 2.82. The maximum atomic E-state index is 4.70. The fourth-order valence-corrected chi connectivity index (χ4v) is 3.04. The predicted molar refractivity (Wildman–Crippen MR) is 82.1 cm³/mol. The van der Waals surface area contributed by atoms with Gasteiger partial charge in [-0.2, -0.15) is 0 Å². The minimum absolute atomic E-state index is 0.314. The van der Waals surface area contributed by atoms with Gasteiger partial charge in [0.05, 0.1) is 5.69 Å². The number of thiazole rings is 1. The van der Waals surface area contributed by atoms with E-state index in [9.17, 15) is 0 Å². The lowest BCUT2D eigenvalue weighted by Gasteiger charge is -2.08. The van der Waals surface area contributed by atoms with Crippen molar-refractivity contribution in [3.63, 3.8) is 0 Å². The third kappa shape index (κ3) is 2.99. The lowest BCUT2D eigenvalue weighted by atomic mass is 10.1. The molecule has 1 aromatic heterocycles. The van der Waals surface area contributed by atoms with Crippen molar-refractivity contribution in [1.82, 2.24) is 10.3 Å². The van der Waals surface area contributed by atoms with Crippen molar-refractivity contribution in [2.24, 2.45) is 0 Å². The Balaban J connectivity index is 2.26. The molecule has 0 saturated carbocycles. The first-order chi connectivity index (χ1) is 8.61. The molecule has 0 aliphatic rings. The number of hydrogen-bond acceptors (Lipinski definition) is 3. The first kappa shape index (κ1) is 13.7. The maximum Gasteiger partial charge on any atom is 0.123 e. The Labute approximate surface area is 121 Å². The second-order valence-electron chi connectivity index (χ2n) is 4.32. The van der Waals surface area contributed by atoms with Crippen molar-refractivity contribution in [2.45, 2.75) is 26.8 Å². The highest BCUT2D eigenvalue weighted by Gasteiger charge is 2.10. The molecule has 18 heavy (non-hydrogen) atoms. The van der Waals surface area contributed by atoms with Crippen LogP contribution >= 0.6 is 27.3 Å². The number of hydrogen-bond donors (Lipinski definition) is 1. The predicted octanol–water partition coefficient (Wildman–Crippen LogP) is 4.55. The molecular formula is C14H17BrN2S. The van der Waals surface area contributed by atoms with Crippen LogP contribution in [0.3, 0.4) is 0 Å². The van der Waals surface area contributed by atoms with E-state index in [4.69, 9.17) is 4.98 Å². The van der Waals surface area contributed by atoms with Crippen LogP contribution in [0.2, 0.25) is 0 Å². The van der Waals surface area contributed by atoms with Gasteiger partial charge in [0.25, 0.3) is 0 Å². The van der Waals surface area contributed by atoms with Gasteiger partial charge in [-0.25, -0.2) is 4.98 Å². The van der Waals surface area contributed by atoms with Crippen LogP contribution in [-0.4, -0.2) is 11.5 Å². The molecule has 1 heterocycles. The van der Waals surface area contributed by atoms with Crippen molar-refractivity contribution < 1.29 is 0 Å². The summed E-state index contributed by atoms with van der Waals surface area (Å²) >= 11 is 5.27. The van der Waals surface area contributed by atoms with Gasteiger partial charge in [0.1, 0.15) is 5.01 Å². The van der Waals surface area contributed by atoms with E-state index in [-0.39, 0.29) is 0 Å². The van der Waals surface area contributed by atoms with Gasteiger partial charge in [-0.3, -0.25) is 0 Å². The maximum absolute atomic E-state index is 4.70. The summed E-state index contributed by atoms with van der Waals surface area (Å²) in [4.78, 5) is 4.70. The molecule has 0 aliphatic heterocycles. The van der Waals surface area contributed by atoms with Crippen LogP contribution in [0.15, 0.2) is 28.1 Å². The molecule has 1 N–H and O–H groups in total. The minimum atomic E-state index is 0.314. The average molecular weight is 325 g/mol. The van der Waals surface area contributed by atoms with Crippen LogP contribution in [0, 0.1) is 6.92 Å². The fraction of sp³-hybridized carbons (Fsp3) is 0.357. The standard InChI is InChI=1S/C14H17BrN2S/c1-4-16-10(3)13-8-18-14(17-13)11-6-5-9(2)12(15)7-11/h5-8,10,16H,4H2,1-3H3. The lowest BCUT2D eigenvalue weighted by Crippen LogP contribution is -2.17. The van der Waals surface area contributed by atoms with Crippen LogP contribution in [0.25, 0.3) is 10.6 Å². The van der Waals surface area contributed by atoms with Gasteiger partial charge in [-0.15, -0.1) is 11.3 Å². The first-order valence-electron chi connectivity index (χ1n) is 6.07. The van der Waals surface area contributed by atoms with E-state index in [1.54, 1.807) is 11.3 Å². The number of aromatic nitrogens is 1. The highest BCUT2D eigenvalue weighted by atomic mass is 79.9. The normalized spacial score (nSPS) is 12.7. The van der Waals surface area contributed by atoms with Crippen molar-refractivity contribution in [3.05, 3.63) is 39.3 Å². The summed E-state index contributed by atoms with van der Waals surface area (Å²) < 4.78 is 1.14. The van der Waals surface area contributed by atoms with Gasteiger partial charge in [0.15, 0.2) is 0 Å². The summed E-state index contributed by atoms with van der Waals surface area (Å²) in [6.07, 6.45) is 0. The quantitative estimate of drug-likeness (QED) is 0.892. The van der Waals surface area contributed by atoms with Crippen LogP contribution in [0.5, 0.6) is 0 Å². The van der Waals surface area contributed by atoms with E-state index in [0.717, 1.165) is 21.7 Å². The van der Waals surface area contributed by atoms with Gasteiger partial charge in [0, 0.05) is 21.5 Å². The van der Waals surface area contributed by atoms with E-state index in [2.05, 4.69) is 65.6 Å². The summed E-state index contributed by atoms with van der Waals surface area (Å²) in [6, 6.07) is 6.69. The highest BCUT2D eigenvalue weighted by Crippen LogP contribution is 2.29. The SMILES string of the molecule is CCNC(C)c1csc(-c2ccc(C)c(Br)c2)n1. The Morgan fingerprint density at radius 3 is 2.89 bits per heavy atom. The Morgan fingerprint density at radius 2 is 2.22 bits per heavy atom. The molecular weight excluding hydrogens is 308 g/mol. The van der Waals surface area contributed by atoms with Crippen molar-refractivity contribution in [3.8, 4) is 10.6 Å². The fourth-order valence-electron chi connectivity index (χ4n) is 1.75. The van der Waals surface area contributed by atoms with Crippen molar-refractivity contribution in [1.29, 1.82) is 0 Å². The number of nitrogens with zero attached hydrogens (tertiary/aromatic N) is 1. The van der Waals surface area contributed by atoms with Crippen LogP contribution < -0.4 is 5.32 Å². The number of rotatable bonds is 4. The number of nitrogens with one attached hydrogen (secondary N) is 1. The molecule has 0 amide bonds. The first-order valence-corrected chi connectivity index (χ1v) is 7.74. The van der Waals surface area contributed by atoms with E-state index < -0.39 is 0 Å². The third-order valence-electron chi connectivity index (χ3n) is 2.89. The van der Waals surface area contributed by atoms with Gasteiger partial charge in [0.2, 0.25) is 0 Å². The zero-order chi connectivity index (χ0) is 13.1. The third-order valence-corrected chi connectivity index (χ3v) is 4.66. The molecule has 0 aliphatic carbocycles. The monoisotopic (exact) mass is 324 g/mol. The van der Waals surface area contributed by atoms with Gasteiger partial charge in [-0.1, -0.05) is 35.0 Å². The minimum Gasteiger partial charge on any atom is -0.309 e. The molecule has 2 rings (SSSR count). The largest absolute Gasteiger partial charge is 0.309 e. The Kier molecular flexibility index (Phi) is 4.54. The summed E-state index contributed by atoms with van der Waals surface area (Å²) in [5.41, 5.74) is 3.54. The topological polar surface area (TPSA) is 24.9 Å².